The van der Waals surface area contributed by atoms with Crippen molar-refractivity contribution in [1.29, 1.82) is 0 Å². The number of nitrogens with zero attached hydrogens (tertiary/aromatic N) is 3. The van der Waals surface area contributed by atoms with Crippen molar-refractivity contribution in [2.45, 2.75) is 11.8 Å². The second-order valence-electron chi connectivity index (χ2n) is 6.87. The Balaban J connectivity index is 1.47. The number of likely N-dealkylation sites (N-methyl/N-ethyl adjacent to an activating group) is 1. The Bertz CT molecular complexity index is 1120. The molecule has 0 unspecified atom stereocenters. The van der Waals surface area contributed by atoms with Crippen LogP contribution in [-0.4, -0.2) is 61.2 Å². The van der Waals surface area contributed by atoms with E-state index in [9.17, 15) is 13.2 Å². The lowest BCUT2D eigenvalue weighted by atomic mass is 10.3. The smallest absolute Gasteiger partial charge is 0.275 e. The molecule has 1 fully saturated rings. The number of carbonyl (C=O) groups excluding carboxylic acids is 1. The first-order valence-corrected chi connectivity index (χ1v) is 11.9. The topological polar surface area (TPSA) is 95.8 Å². The van der Waals surface area contributed by atoms with Crippen LogP contribution in [-0.2, 0) is 10.0 Å². The summed E-state index contributed by atoms with van der Waals surface area (Å²) >= 11 is 1.34. The van der Waals surface area contributed by atoms with Gasteiger partial charge in [0.25, 0.3) is 5.91 Å². The third-order valence-corrected chi connectivity index (χ3v) is 7.80. The summed E-state index contributed by atoms with van der Waals surface area (Å²) in [5.41, 5.74) is 1.47. The summed E-state index contributed by atoms with van der Waals surface area (Å²) in [5, 5.41) is 5.07. The molecule has 1 N–H and O–H groups in total. The van der Waals surface area contributed by atoms with Crippen LogP contribution in [0.2, 0.25) is 0 Å². The van der Waals surface area contributed by atoms with Crippen LogP contribution >= 0.6 is 11.3 Å². The fourth-order valence-electron chi connectivity index (χ4n) is 3.26. The number of rotatable bonds is 6. The lowest BCUT2D eigenvalue weighted by Gasteiger charge is -2.33. The number of furan rings is 1. The molecule has 1 saturated heterocycles. The van der Waals surface area contributed by atoms with Gasteiger partial charge >= 0.3 is 0 Å². The Morgan fingerprint density at radius 2 is 2.03 bits per heavy atom. The molecule has 3 heterocycles. The maximum Gasteiger partial charge on any atom is 0.275 e. The highest BCUT2D eigenvalue weighted by Gasteiger charge is 2.28. The number of thiazole rings is 1. The van der Waals surface area contributed by atoms with E-state index in [4.69, 9.17) is 4.42 Å². The van der Waals surface area contributed by atoms with Crippen molar-refractivity contribution in [3.8, 4) is 10.6 Å². The molecule has 3 aromatic rings. The molecular formula is C20H22N4O4S2. The van der Waals surface area contributed by atoms with Crippen molar-refractivity contribution in [3.05, 3.63) is 53.9 Å². The van der Waals surface area contributed by atoms with Crippen LogP contribution in [0.15, 0.2) is 57.6 Å². The monoisotopic (exact) mass is 446 g/mol. The minimum atomic E-state index is -3.61. The number of carbonyl (C=O) groups is 1. The maximum absolute atomic E-state index is 13.0. The van der Waals surface area contributed by atoms with E-state index in [2.05, 4.69) is 22.1 Å². The summed E-state index contributed by atoms with van der Waals surface area (Å²) in [7, 11) is -3.61. The molecule has 1 aromatic carbocycles. The number of hydrogen-bond donors (Lipinski definition) is 1. The second-order valence-corrected chi connectivity index (χ2v) is 9.67. The average Bonchev–Trinajstić information content (AvgIpc) is 3.46. The molecule has 0 aliphatic carbocycles. The highest BCUT2D eigenvalue weighted by molar-refractivity contribution is 7.89. The summed E-state index contributed by atoms with van der Waals surface area (Å²) in [4.78, 5) is 19.3. The number of anilines is 1. The van der Waals surface area contributed by atoms with E-state index in [1.54, 1.807) is 42.2 Å². The predicted molar refractivity (Wildman–Crippen MR) is 115 cm³/mol. The van der Waals surface area contributed by atoms with Gasteiger partial charge in [0.15, 0.2) is 0 Å². The summed E-state index contributed by atoms with van der Waals surface area (Å²) in [6, 6.07) is 8.10. The van der Waals surface area contributed by atoms with Crippen molar-refractivity contribution in [2.24, 2.45) is 0 Å². The van der Waals surface area contributed by atoms with E-state index in [-0.39, 0.29) is 10.6 Å². The SMILES string of the molecule is CCN1CCN(S(=O)(=O)c2cccc(NC(=O)c3csc(-c4ccoc4)n3)c2)CC1. The number of piperazine rings is 1. The largest absolute Gasteiger partial charge is 0.472 e. The fraction of sp³-hybridized carbons (Fsp3) is 0.300. The molecule has 10 heteroatoms. The van der Waals surface area contributed by atoms with Crippen LogP contribution in [0.4, 0.5) is 5.69 Å². The fourth-order valence-corrected chi connectivity index (χ4v) is 5.52. The van der Waals surface area contributed by atoms with Gasteiger partial charge in [0, 0.05) is 42.8 Å². The minimum Gasteiger partial charge on any atom is -0.472 e. The van der Waals surface area contributed by atoms with Crippen LogP contribution < -0.4 is 5.32 Å². The van der Waals surface area contributed by atoms with E-state index in [0.29, 0.717) is 23.8 Å². The van der Waals surface area contributed by atoms with Crippen LogP contribution in [0.3, 0.4) is 0 Å². The van der Waals surface area contributed by atoms with E-state index in [0.717, 1.165) is 25.2 Å². The predicted octanol–water partition coefficient (Wildman–Crippen LogP) is 2.98. The highest BCUT2D eigenvalue weighted by Crippen LogP contribution is 2.25. The van der Waals surface area contributed by atoms with Crippen molar-refractivity contribution in [3.63, 3.8) is 0 Å². The number of amides is 1. The van der Waals surface area contributed by atoms with E-state index in [1.165, 1.54) is 21.7 Å². The van der Waals surface area contributed by atoms with Crippen LogP contribution in [0.5, 0.6) is 0 Å². The maximum atomic E-state index is 13.0. The lowest BCUT2D eigenvalue weighted by molar-refractivity contribution is 0.102. The molecule has 0 bridgehead atoms. The Labute approximate surface area is 179 Å². The number of sulfonamides is 1. The third-order valence-electron chi connectivity index (χ3n) is 5.01. The van der Waals surface area contributed by atoms with Gasteiger partial charge in [0.05, 0.1) is 11.2 Å². The standard InChI is InChI=1S/C20H22N4O4S2/c1-2-23-7-9-24(10-8-23)30(26,27)17-5-3-4-16(12-17)21-19(25)18-14-29-20(22-18)15-6-11-28-13-15/h3-6,11-14H,2,7-10H2,1H3,(H,21,25). The molecule has 158 valence electrons. The first-order valence-electron chi connectivity index (χ1n) is 9.59. The van der Waals surface area contributed by atoms with Crippen molar-refractivity contribution in [1.82, 2.24) is 14.2 Å². The molecule has 30 heavy (non-hydrogen) atoms. The molecule has 0 spiro atoms. The van der Waals surface area contributed by atoms with Gasteiger partial charge in [-0.25, -0.2) is 13.4 Å². The molecule has 0 atom stereocenters. The van der Waals surface area contributed by atoms with E-state index in [1.807, 2.05) is 0 Å². The van der Waals surface area contributed by atoms with Gasteiger partial charge < -0.3 is 14.6 Å². The van der Waals surface area contributed by atoms with Crippen molar-refractivity contribution < 1.29 is 17.6 Å². The Hall–Kier alpha value is -2.53. The zero-order valence-corrected chi connectivity index (χ0v) is 18.1. The van der Waals surface area contributed by atoms with Crippen LogP contribution in [0.25, 0.3) is 10.6 Å². The third kappa shape index (κ3) is 4.31. The number of hydrogen-bond acceptors (Lipinski definition) is 7. The first-order chi connectivity index (χ1) is 14.5. The van der Waals surface area contributed by atoms with Crippen LogP contribution in [0.1, 0.15) is 17.4 Å². The van der Waals surface area contributed by atoms with E-state index >= 15 is 0 Å². The zero-order chi connectivity index (χ0) is 21.1. The minimum absolute atomic E-state index is 0.169. The van der Waals surface area contributed by atoms with Gasteiger partial charge in [-0.2, -0.15) is 4.31 Å². The molecule has 0 saturated carbocycles. The molecular weight excluding hydrogens is 424 g/mol. The van der Waals surface area contributed by atoms with Crippen LogP contribution in [0, 0.1) is 0 Å². The second kappa shape index (κ2) is 8.68. The van der Waals surface area contributed by atoms with E-state index < -0.39 is 15.9 Å². The number of benzene rings is 1. The zero-order valence-electron chi connectivity index (χ0n) is 16.4. The van der Waals surface area contributed by atoms with Gasteiger partial charge in [-0.05, 0) is 30.8 Å². The molecule has 2 aromatic heterocycles. The summed E-state index contributed by atoms with van der Waals surface area (Å²) in [5.74, 6) is -0.396. The summed E-state index contributed by atoms with van der Waals surface area (Å²) in [6.45, 7) is 5.33. The first kappa shape index (κ1) is 20.7. The Kier molecular flexibility index (Phi) is 6.00. The summed E-state index contributed by atoms with van der Waals surface area (Å²) in [6.07, 6.45) is 3.11. The molecule has 1 aliphatic heterocycles. The normalized spacial score (nSPS) is 15.9. The van der Waals surface area contributed by atoms with Gasteiger partial charge in [-0.1, -0.05) is 13.0 Å². The van der Waals surface area contributed by atoms with Gasteiger partial charge in [-0.3, -0.25) is 4.79 Å². The van der Waals surface area contributed by atoms with Gasteiger partial charge in [0.1, 0.15) is 17.0 Å². The molecule has 4 rings (SSSR count). The quantitative estimate of drug-likeness (QED) is 0.625. The molecule has 8 nitrogen and oxygen atoms in total. The molecule has 1 amide bonds. The Morgan fingerprint density at radius 3 is 2.73 bits per heavy atom. The van der Waals surface area contributed by atoms with Crippen molar-refractivity contribution >= 4 is 33.0 Å². The number of nitrogens with one attached hydrogen (secondary N) is 1. The van der Waals surface area contributed by atoms with Crippen molar-refractivity contribution in [2.75, 3.05) is 38.0 Å². The summed E-state index contributed by atoms with van der Waals surface area (Å²) < 4.78 is 32.5. The Morgan fingerprint density at radius 1 is 1.23 bits per heavy atom. The van der Waals surface area contributed by atoms with Gasteiger partial charge in [-0.15, -0.1) is 11.3 Å². The lowest BCUT2D eigenvalue weighted by Crippen LogP contribution is -2.48. The highest BCUT2D eigenvalue weighted by atomic mass is 32.2. The number of aromatic nitrogens is 1. The average molecular weight is 447 g/mol. The molecule has 0 radical (unpaired) electrons. The van der Waals surface area contributed by atoms with Gasteiger partial charge in [0.2, 0.25) is 10.0 Å². The molecule has 1 aliphatic rings.